The number of nitrogens with zero attached hydrogens (tertiary/aromatic N) is 3. The molecule has 0 radical (unpaired) electrons. The van der Waals surface area contributed by atoms with E-state index in [-0.39, 0.29) is 17.0 Å². The zero-order valence-corrected chi connectivity index (χ0v) is 16.5. The lowest BCUT2D eigenvalue weighted by Gasteiger charge is -2.35. The maximum atomic E-state index is 15.0. The van der Waals surface area contributed by atoms with Crippen LogP contribution in [0.5, 0.6) is 0 Å². The Bertz CT molecular complexity index is 1280. The van der Waals surface area contributed by atoms with Gasteiger partial charge in [0.2, 0.25) is 5.43 Å². The van der Waals surface area contributed by atoms with E-state index in [2.05, 4.69) is 9.32 Å². The summed E-state index contributed by atoms with van der Waals surface area (Å²) in [5.41, 5.74) is -0.0716. The van der Waals surface area contributed by atoms with Gasteiger partial charge in [0.05, 0.1) is 17.7 Å². The number of fused-ring (bicyclic) bond motifs is 1. The Kier molecular flexibility index (Phi) is 4.66. The number of hydrogen-bond donors (Lipinski definition) is 1. The molecule has 3 heterocycles. The molecule has 2 aliphatic rings. The SMILES string of the molecule is O=C(O)c1cn(C2CC2)c2cc(N3CCN(Cc4coc(=O)o4)CC3)c(F)cc2c1=O. The standard InChI is InChI=1S/C21H20FN3O6/c22-16-7-14-17(25(12-1-2-12)10-15(19(14)26)20(27)28)8-18(16)24-5-3-23(4-6-24)9-13-11-30-21(29)31-13/h7-8,10-12H,1-6,9H2,(H,27,28). The van der Waals surface area contributed by atoms with Crippen molar-refractivity contribution in [3.63, 3.8) is 0 Å². The van der Waals surface area contributed by atoms with E-state index in [0.717, 1.165) is 18.9 Å². The summed E-state index contributed by atoms with van der Waals surface area (Å²) in [7, 11) is 0. The molecule has 1 saturated heterocycles. The lowest BCUT2D eigenvalue weighted by Crippen LogP contribution is -2.46. The predicted molar refractivity (Wildman–Crippen MR) is 108 cm³/mol. The second-order valence-corrected chi connectivity index (χ2v) is 7.95. The number of hydrogen-bond acceptors (Lipinski definition) is 7. The highest BCUT2D eigenvalue weighted by molar-refractivity contribution is 5.93. The minimum Gasteiger partial charge on any atom is -0.477 e. The summed E-state index contributed by atoms with van der Waals surface area (Å²) in [6, 6.07) is 2.94. The van der Waals surface area contributed by atoms with Crippen LogP contribution in [0.15, 0.2) is 43.0 Å². The summed E-state index contributed by atoms with van der Waals surface area (Å²) in [5, 5.41) is 9.45. The minimum absolute atomic E-state index is 0.0849. The van der Waals surface area contributed by atoms with Crippen molar-refractivity contribution in [2.45, 2.75) is 25.4 Å². The van der Waals surface area contributed by atoms with Crippen molar-refractivity contribution in [2.75, 3.05) is 31.1 Å². The van der Waals surface area contributed by atoms with Crippen LogP contribution in [-0.4, -0.2) is 46.7 Å². The fraction of sp³-hybridized carbons (Fsp3) is 0.381. The highest BCUT2D eigenvalue weighted by Gasteiger charge is 2.28. The van der Waals surface area contributed by atoms with Crippen molar-refractivity contribution >= 4 is 22.6 Å². The lowest BCUT2D eigenvalue weighted by atomic mass is 10.1. The van der Waals surface area contributed by atoms with Crippen molar-refractivity contribution in [3.8, 4) is 0 Å². The first-order chi connectivity index (χ1) is 14.9. The van der Waals surface area contributed by atoms with Crippen LogP contribution in [0.4, 0.5) is 10.1 Å². The van der Waals surface area contributed by atoms with E-state index < -0.39 is 23.0 Å². The van der Waals surface area contributed by atoms with Crippen LogP contribution in [0, 0.1) is 5.82 Å². The van der Waals surface area contributed by atoms with E-state index in [1.165, 1.54) is 12.5 Å². The van der Waals surface area contributed by atoms with Gasteiger partial charge in [-0.3, -0.25) is 9.69 Å². The average molecular weight is 429 g/mol. The van der Waals surface area contributed by atoms with Gasteiger partial charge in [0.1, 0.15) is 17.6 Å². The number of aromatic nitrogens is 1. The normalized spacial score (nSPS) is 17.4. The molecule has 0 amide bonds. The van der Waals surface area contributed by atoms with Gasteiger partial charge in [0, 0.05) is 43.8 Å². The van der Waals surface area contributed by atoms with E-state index in [1.807, 2.05) is 4.90 Å². The van der Waals surface area contributed by atoms with Crippen molar-refractivity contribution in [2.24, 2.45) is 0 Å². The molecule has 1 N–H and O–H groups in total. The summed E-state index contributed by atoms with van der Waals surface area (Å²) in [4.78, 5) is 39.1. The molecule has 1 saturated carbocycles. The van der Waals surface area contributed by atoms with Crippen molar-refractivity contribution < 1.29 is 23.1 Å². The van der Waals surface area contributed by atoms with E-state index in [4.69, 9.17) is 4.42 Å². The van der Waals surface area contributed by atoms with Crippen molar-refractivity contribution in [1.29, 1.82) is 0 Å². The zero-order chi connectivity index (χ0) is 21.7. The number of aromatic carboxylic acids is 1. The van der Waals surface area contributed by atoms with Gasteiger partial charge >= 0.3 is 11.8 Å². The topological polar surface area (TPSA) is 109 Å². The number of carbonyl (C=O) groups is 1. The number of halogens is 1. The van der Waals surface area contributed by atoms with Crippen LogP contribution in [0.3, 0.4) is 0 Å². The highest BCUT2D eigenvalue weighted by Crippen LogP contribution is 2.38. The molecule has 0 atom stereocenters. The number of carboxylic acid groups (broad SMARTS) is 1. The number of carboxylic acids is 1. The van der Waals surface area contributed by atoms with Crippen LogP contribution in [0.1, 0.15) is 35.0 Å². The second kappa shape index (κ2) is 7.38. The molecule has 9 nitrogen and oxygen atoms in total. The number of rotatable bonds is 5. The fourth-order valence-corrected chi connectivity index (χ4v) is 4.11. The number of piperazine rings is 1. The molecular formula is C21H20FN3O6. The fourth-order valence-electron chi connectivity index (χ4n) is 4.11. The predicted octanol–water partition coefficient (Wildman–Crippen LogP) is 2.04. The molecule has 31 heavy (non-hydrogen) atoms. The Hall–Kier alpha value is -3.40. The maximum absolute atomic E-state index is 15.0. The van der Waals surface area contributed by atoms with Gasteiger partial charge in [-0.25, -0.2) is 14.0 Å². The highest BCUT2D eigenvalue weighted by atomic mass is 19.1. The van der Waals surface area contributed by atoms with E-state index >= 15 is 0 Å². The summed E-state index contributed by atoms with van der Waals surface area (Å²) < 4.78 is 26.4. The second-order valence-electron chi connectivity index (χ2n) is 7.95. The molecule has 0 spiro atoms. The first kappa shape index (κ1) is 19.6. The van der Waals surface area contributed by atoms with Gasteiger partial charge in [0.15, 0.2) is 5.76 Å². The van der Waals surface area contributed by atoms with Gasteiger partial charge in [-0.1, -0.05) is 0 Å². The molecule has 3 aromatic rings. The van der Waals surface area contributed by atoms with Gasteiger partial charge < -0.3 is 23.4 Å². The minimum atomic E-state index is -1.31. The average Bonchev–Trinajstić information content (AvgIpc) is 3.50. The van der Waals surface area contributed by atoms with Gasteiger partial charge in [0.25, 0.3) is 0 Å². The number of benzene rings is 1. The monoisotopic (exact) mass is 429 g/mol. The number of pyridine rings is 1. The van der Waals surface area contributed by atoms with E-state index in [1.54, 1.807) is 10.6 Å². The molecule has 5 rings (SSSR count). The Morgan fingerprint density at radius 1 is 1.16 bits per heavy atom. The molecule has 1 aliphatic heterocycles. The Morgan fingerprint density at radius 2 is 1.90 bits per heavy atom. The molecule has 0 bridgehead atoms. The summed E-state index contributed by atoms with van der Waals surface area (Å²) in [6.45, 7) is 2.77. The Balaban J connectivity index is 1.44. The van der Waals surface area contributed by atoms with Gasteiger partial charge in [-0.2, -0.15) is 0 Å². The van der Waals surface area contributed by atoms with E-state index in [9.17, 15) is 23.9 Å². The Morgan fingerprint density at radius 3 is 2.52 bits per heavy atom. The summed E-state index contributed by atoms with van der Waals surface area (Å²) in [6.07, 6.45) is 4.46. The molecule has 2 fully saturated rings. The molecule has 1 aromatic carbocycles. The lowest BCUT2D eigenvalue weighted by molar-refractivity contribution is 0.0695. The van der Waals surface area contributed by atoms with Crippen LogP contribution < -0.4 is 16.2 Å². The quantitative estimate of drug-likeness (QED) is 0.656. The van der Waals surface area contributed by atoms with Gasteiger partial charge in [-0.15, -0.1) is 0 Å². The summed E-state index contributed by atoms with van der Waals surface area (Å²) in [5.74, 6) is -2.16. The van der Waals surface area contributed by atoms with Crippen LogP contribution >= 0.6 is 0 Å². The molecule has 2 aromatic heterocycles. The first-order valence-corrected chi connectivity index (χ1v) is 10.1. The van der Waals surface area contributed by atoms with Gasteiger partial charge in [-0.05, 0) is 25.0 Å². The van der Waals surface area contributed by atoms with Crippen LogP contribution in [0.2, 0.25) is 0 Å². The molecule has 10 heteroatoms. The third-order valence-corrected chi connectivity index (χ3v) is 5.86. The largest absolute Gasteiger partial charge is 0.518 e. The van der Waals surface area contributed by atoms with E-state index in [0.29, 0.717) is 49.7 Å². The molecular weight excluding hydrogens is 409 g/mol. The smallest absolute Gasteiger partial charge is 0.477 e. The van der Waals surface area contributed by atoms with Crippen molar-refractivity contribution in [1.82, 2.24) is 9.47 Å². The third kappa shape index (κ3) is 3.63. The zero-order valence-electron chi connectivity index (χ0n) is 16.5. The number of anilines is 1. The maximum Gasteiger partial charge on any atom is 0.518 e. The molecule has 1 aliphatic carbocycles. The molecule has 162 valence electrons. The first-order valence-electron chi connectivity index (χ1n) is 10.1. The molecule has 0 unspecified atom stereocenters. The Labute approximate surface area is 174 Å². The van der Waals surface area contributed by atoms with Crippen LogP contribution in [0.25, 0.3) is 10.9 Å². The summed E-state index contributed by atoms with van der Waals surface area (Å²) >= 11 is 0. The third-order valence-electron chi connectivity index (χ3n) is 5.86. The van der Waals surface area contributed by atoms with Crippen LogP contribution in [-0.2, 0) is 6.54 Å². The van der Waals surface area contributed by atoms with Crippen molar-refractivity contribution in [3.05, 3.63) is 62.6 Å².